The topological polar surface area (TPSA) is 46.6 Å². The zero-order valence-corrected chi connectivity index (χ0v) is 16.7. The quantitative estimate of drug-likeness (QED) is 0.578. The molecule has 4 nitrogen and oxygen atoms in total. The van der Waals surface area contributed by atoms with Gasteiger partial charge in [-0.2, -0.15) is 4.31 Å². The molecule has 2 aromatic rings. The lowest BCUT2D eigenvalue weighted by Crippen LogP contribution is -2.31. The number of sulfonamides is 1. The standard InChI is InChI=1S/C19H19BrFNO3S/c1-3-11-22(14-15-5-8-17(9-6-15)25-12-4-2)26(23,24)19-10-7-16(20)13-18(19)21/h1,5-10,13H,4,11-12,14H2,2H3. The van der Waals surface area contributed by atoms with Gasteiger partial charge in [-0.05, 0) is 42.3 Å². The Kier molecular flexibility index (Phi) is 7.21. The smallest absolute Gasteiger partial charge is 0.247 e. The number of hydrogen-bond donors (Lipinski definition) is 0. The van der Waals surface area contributed by atoms with Gasteiger partial charge in [-0.1, -0.05) is 40.9 Å². The Hall–Kier alpha value is -1.88. The van der Waals surface area contributed by atoms with Crippen LogP contribution < -0.4 is 4.74 Å². The van der Waals surface area contributed by atoms with Crippen molar-refractivity contribution in [2.24, 2.45) is 0 Å². The minimum Gasteiger partial charge on any atom is -0.494 e. The van der Waals surface area contributed by atoms with Crippen molar-refractivity contribution in [3.63, 3.8) is 0 Å². The van der Waals surface area contributed by atoms with Crippen LogP contribution in [0.1, 0.15) is 18.9 Å². The van der Waals surface area contributed by atoms with Crippen molar-refractivity contribution in [2.45, 2.75) is 24.8 Å². The van der Waals surface area contributed by atoms with Crippen molar-refractivity contribution in [3.8, 4) is 18.1 Å². The molecule has 0 aliphatic carbocycles. The molecule has 0 saturated heterocycles. The highest BCUT2D eigenvalue weighted by molar-refractivity contribution is 9.10. The first kappa shape index (κ1) is 20.4. The zero-order chi connectivity index (χ0) is 19.2. The number of terminal acetylenes is 1. The van der Waals surface area contributed by atoms with Crippen LogP contribution in [0.3, 0.4) is 0 Å². The maximum atomic E-state index is 14.2. The van der Waals surface area contributed by atoms with Gasteiger partial charge in [0.2, 0.25) is 10.0 Å². The fourth-order valence-electron chi connectivity index (χ4n) is 2.27. The summed E-state index contributed by atoms with van der Waals surface area (Å²) in [7, 11) is -4.07. The van der Waals surface area contributed by atoms with Gasteiger partial charge < -0.3 is 4.74 Å². The van der Waals surface area contributed by atoms with Crippen LogP contribution in [0.5, 0.6) is 5.75 Å². The van der Waals surface area contributed by atoms with Gasteiger partial charge in [-0.3, -0.25) is 0 Å². The second-order valence-electron chi connectivity index (χ2n) is 5.54. The molecule has 0 fully saturated rings. The van der Waals surface area contributed by atoms with Crippen LogP contribution >= 0.6 is 15.9 Å². The first-order valence-electron chi connectivity index (χ1n) is 7.99. The molecule has 0 N–H and O–H groups in total. The molecule has 0 atom stereocenters. The Bertz CT molecular complexity index is 892. The highest BCUT2D eigenvalue weighted by Gasteiger charge is 2.27. The van der Waals surface area contributed by atoms with Crippen molar-refractivity contribution >= 4 is 26.0 Å². The number of benzene rings is 2. The van der Waals surface area contributed by atoms with E-state index in [2.05, 4.69) is 21.9 Å². The van der Waals surface area contributed by atoms with Gasteiger partial charge in [-0.25, -0.2) is 12.8 Å². The Labute approximate surface area is 162 Å². The molecule has 0 amide bonds. The molecule has 0 aromatic heterocycles. The highest BCUT2D eigenvalue weighted by Crippen LogP contribution is 2.24. The second-order valence-corrected chi connectivity index (χ2v) is 8.37. The summed E-state index contributed by atoms with van der Waals surface area (Å²) in [6.07, 6.45) is 6.22. The average Bonchev–Trinajstić information content (AvgIpc) is 2.60. The molecular formula is C19H19BrFNO3S. The van der Waals surface area contributed by atoms with Gasteiger partial charge in [-0.15, -0.1) is 6.42 Å². The first-order valence-corrected chi connectivity index (χ1v) is 10.2. The number of ether oxygens (including phenoxy) is 1. The molecular weight excluding hydrogens is 421 g/mol. The molecule has 138 valence electrons. The molecule has 0 bridgehead atoms. The van der Waals surface area contributed by atoms with Gasteiger partial charge in [0.25, 0.3) is 0 Å². The monoisotopic (exact) mass is 439 g/mol. The Balaban J connectivity index is 2.26. The lowest BCUT2D eigenvalue weighted by atomic mass is 10.2. The van der Waals surface area contributed by atoms with E-state index < -0.39 is 20.7 Å². The fourth-order valence-corrected chi connectivity index (χ4v) is 3.99. The summed E-state index contributed by atoms with van der Waals surface area (Å²) in [5.74, 6) is 2.20. The molecule has 2 aromatic carbocycles. The van der Waals surface area contributed by atoms with E-state index in [1.807, 2.05) is 6.92 Å². The molecule has 0 unspecified atom stereocenters. The van der Waals surface area contributed by atoms with E-state index in [9.17, 15) is 12.8 Å². The van der Waals surface area contributed by atoms with Crippen LogP contribution in [0.2, 0.25) is 0 Å². The van der Waals surface area contributed by atoms with Crippen molar-refractivity contribution in [2.75, 3.05) is 13.2 Å². The van der Waals surface area contributed by atoms with Gasteiger partial charge in [0.15, 0.2) is 0 Å². The van der Waals surface area contributed by atoms with Crippen LogP contribution in [0.4, 0.5) is 4.39 Å². The summed E-state index contributed by atoms with van der Waals surface area (Å²) in [6, 6.07) is 10.9. The second kappa shape index (κ2) is 9.17. The molecule has 0 aliphatic rings. The van der Waals surface area contributed by atoms with E-state index in [0.717, 1.165) is 22.4 Å². The third-order valence-corrected chi connectivity index (χ3v) is 5.85. The Morgan fingerprint density at radius 2 is 1.92 bits per heavy atom. The van der Waals surface area contributed by atoms with Gasteiger partial charge >= 0.3 is 0 Å². The SMILES string of the molecule is C#CCN(Cc1ccc(OCCC)cc1)S(=O)(=O)c1ccc(Br)cc1F. The summed E-state index contributed by atoms with van der Waals surface area (Å²) in [6.45, 7) is 2.50. The summed E-state index contributed by atoms with van der Waals surface area (Å²) in [5, 5.41) is 0. The molecule has 0 aliphatic heterocycles. The molecule has 0 heterocycles. The fraction of sp³-hybridized carbons (Fsp3) is 0.263. The molecule has 0 spiro atoms. The molecule has 26 heavy (non-hydrogen) atoms. The maximum Gasteiger partial charge on any atom is 0.247 e. The lowest BCUT2D eigenvalue weighted by molar-refractivity contribution is 0.317. The molecule has 0 radical (unpaired) electrons. The normalized spacial score (nSPS) is 11.3. The number of hydrogen-bond acceptors (Lipinski definition) is 3. The van der Waals surface area contributed by atoms with Crippen LogP contribution in [0.15, 0.2) is 51.8 Å². The van der Waals surface area contributed by atoms with Crippen molar-refractivity contribution in [3.05, 3.63) is 58.3 Å². The number of rotatable bonds is 8. The van der Waals surface area contributed by atoms with Gasteiger partial charge in [0.05, 0.1) is 13.2 Å². The van der Waals surface area contributed by atoms with E-state index >= 15 is 0 Å². The van der Waals surface area contributed by atoms with Crippen LogP contribution in [-0.4, -0.2) is 25.9 Å². The third kappa shape index (κ3) is 5.07. The zero-order valence-electron chi connectivity index (χ0n) is 14.3. The first-order chi connectivity index (χ1) is 12.4. The van der Waals surface area contributed by atoms with Gasteiger partial charge in [0, 0.05) is 11.0 Å². The Morgan fingerprint density at radius 1 is 1.23 bits per heavy atom. The number of nitrogens with zero attached hydrogens (tertiary/aromatic N) is 1. The maximum absolute atomic E-state index is 14.2. The summed E-state index contributed by atoms with van der Waals surface area (Å²) in [4.78, 5) is -0.404. The third-order valence-electron chi connectivity index (χ3n) is 3.53. The van der Waals surface area contributed by atoms with Crippen LogP contribution in [-0.2, 0) is 16.6 Å². The van der Waals surface area contributed by atoms with Crippen LogP contribution in [0, 0.1) is 18.2 Å². The average molecular weight is 440 g/mol. The molecule has 0 saturated carbocycles. The molecule has 2 rings (SSSR count). The van der Waals surface area contributed by atoms with Crippen molar-refractivity contribution in [1.82, 2.24) is 4.31 Å². The Morgan fingerprint density at radius 3 is 2.50 bits per heavy atom. The van der Waals surface area contributed by atoms with E-state index in [-0.39, 0.29) is 13.1 Å². The van der Waals surface area contributed by atoms with Crippen molar-refractivity contribution < 1.29 is 17.5 Å². The summed E-state index contributed by atoms with van der Waals surface area (Å²) in [5.41, 5.74) is 0.727. The number of halogens is 2. The highest BCUT2D eigenvalue weighted by atomic mass is 79.9. The van der Waals surface area contributed by atoms with Crippen molar-refractivity contribution in [1.29, 1.82) is 0 Å². The largest absolute Gasteiger partial charge is 0.494 e. The van der Waals surface area contributed by atoms with Gasteiger partial charge in [0.1, 0.15) is 16.5 Å². The minimum absolute atomic E-state index is 0.0378. The minimum atomic E-state index is -4.07. The predicted molar refractivity (Wildman–Crippen MR) is 103 cm³/mol. The van der Waals surface area contributed by atoms with E-state index in [1.54, 1.807) is 24.3 Å². The van der Waals surface area contributed by atoms with E-state index in [4.69, 9.17) is 11.2 Å². The predicted octanol–water partition coefficient (Wildman–Crippen LogP) is 4.20. The van der Waals surface area contributed by atoms with E-state index in [1.165, 1.54) is 12.1 Å². The van der Waals surface area contributed by atoms with Crippen LogP contribution in [0.25, 0.3) is 0 Å². The molecule has 7 heteroatoms. The lowest BCUT2D eigenvalue weighted by Gasteiger charge is -2.20. The summed E-state index contributed by atoms with van der Waals surface area (Å²) < 4.78 is 46.8. The summed E-state index contributed by atoms with van der Waals surface area (Å²) >= 11 is 3.12. The van der Waals surface area contributed by atoms with E-state index in [0.29, 0.717) is 16.8 Å².